The first kappa shape index (κ1) is 9.52. The maximum absolute atomic E-state index is 10.5. The number of hydrogen-bond acceptors (Lipinski definition) is 2. The van der Waals surface area contributed by atoms with Crippen LogP contribution in [0, 0.1) is 5.92 Å². The van der Waals surface area contributed by atoms with Gasteiger partial charge >= 0.3 is 0 Å². The van der Waals surface area contributed by atoms with Crippen molar-refractivity contribution in [2.45, 2.75) is 44.6 Å². The molecule has 12 heavy (non-hydrogen) atoms. The molecule has 0 radical (unpaired) electrons. The normalized spacial score (nSPS) is 30.1. The molecular weight excluding hydrogens is 154 g/mol. The summed E-state index contributed by atoms with van der Waals surface area (Å²) in [5.41, 5.74) is 5.03. The summed E-state index contributed by atoms with van der Waals surface area (Å²) >= 11 is 0. The van der Waals surface area contributed by atoms with Crippen LogP contribution in [0.25, 0.3) is 0 Å². The lowest BCUT2D eigenvalue weighted by Gasteiger charge is -2.26. The van der Waals surface area contributed by atoms with Gasteiger partial charge in [-0.05, 0) is 25.2 Å². The molecule has 3 N–H and O–H groups in total. The van der Waals surface area contributed by atoms with E-state index in [1.165, 1.54) is 6.42 Å². The Labute approximate surface area is 72.9 Å². The van der Waals surface area contributed by atoms with Gasteiger partial charge in [0.25, 0.3) is 0 Å². The lowest BCUT2D eigenvalue weighted by molar-refractivity contribution is -0.118. The monoisotopic (exact) mass is 171 g/mol. The molecule has 0 spiro atoms. The lowest BCUT2D eigenvalue weighted by Crippen LogP contribution is -2.25. The zero-order chi connectivity index (χ0) is 8.97. The van der Waals surface area contributed by atoms with Gasteiger partial charge in [0, 0.05) is 6.42 Å². The molecule has 1 unspecified atom stereocenters. The fraction of sp³-hybridized carbons (Fsp3) is 0.889. The molecule has 1 fully saturated rings. The van der Waals surface area contributed by atoms with Crippen molar-refractivity contribution in [3.63, 3.8) is 0 Å². The summed E-state index contributed by atoms with van der Waals surface area (Å²) in [6.07, 6.45) is 5.23. The van der Waals surface area contributed by atoms with Crippen molar-refractivity contribution in [1.82, 2.24) is 0 Å². The van der Waals surface area contributed by atoms with Gasteiger partial charge in [0.1, 0.15) is 0 Å². The molecule has 1 amide bonds. The molecule has 3 heteroatoms. The van der Waals surface area contributed by atoms with E-state index in [0.717, 1.165) is 25.7 Å². The number of aliphatic hydroxyl groups is 1. The molecule has 70 valence electrons. The Morgan fingerprint density at radius 3 is 2.67 bits per heavy atom. The van der Waals surface area contributed by atoms with Crippen molar-refractivity contribution in [2.75, 3.05) is 0 Å². The van der Waals surface area contributed by atoms with E-state index in [1.54, 1.807) is 0 Å². The molecule has 0 aromatic heterocycles. The SMILES string of the molecule is NC(=O)CCC1CCCC[C@H]1O. The molecule has 0 aliphatic heterocycles. The Hall–Kier alpha value is -0.570. The number of amides is 1. The second kappa shape index (κ2) is 4.45. The Morgan fingerprint density at radius 1 is 1.42 bits per heavy atom. The summed E-state index contributed by atoms with van der Waals surface area (Å²) in [4.78, 5) is 10.5. The largest absolute Gasteiger partial charge is 0.393 e. The molecular formula is C9H17NO2. The van der Waals surface area contributed by atoms with Crippen LogP contribution >= 0.6 is 0 Å². The molecule has 0 saturated heterocycles. The van der Waals surface area contributed by atoms with Gasteiger partial charge in [0.2, 0.25) is 5.91 Å². The van der Waals surface area contributed by atoms with Crippen molar-refractivity contribution in [3.8, 4) is 0 Å². The van der Waals surface area contributed by atoms with Crippen LogP contribution < -0.4 is 5.73 Å². The van der Waals surface area contributed by atoms with Crippen molar-refractivity contribution in [1.29, 1.82) is 0 Å². The summed E-state index contributed by atoms with van der Waals surface area (Å²) in [7, 11) is 0. The van der Waals surface area contributed by atoms with Crippen LogP contribution in [-0.4, -0.2) is 17.1 Å². The highest BCUT2D eigenvalue weighted by Gasteiger charge is 2.22. The van der Waals surface area contributed by atoms with Crippen molar-refractivity contribution < 1.29 is 9.90 Å². The van der Waals surface area contributed by atoms with Gasteiger partial charge in [-0.15, -0.1) is 0 Å². The molecule has 2 atom stereocenters. The van der Waals surface area contributed by atoms with Gasteiger partial charge in [0.05, 0.1) is 6.10 Å². The van der Waals surface area contributed by atoms with E-state index < -0.39 is 0 Å². The first-order valence-corrected chi connectivity index (χ1v) is 4.66. The van der Waals surface area contributed by atoms with Gasteiger partial charge in [-0.2, -0.15) is 0 Å². The maximum atomic E-state index is 10.5. The Bertz CT molecular complexity index is 159. The number of hydrogen-bond donors (Lipinski definition) is 2. The first-order chi connectivity index (χ1) is 5.70. The first-order valence-electron chi connectivity index (χ1n) is 4.66. The van der Waals surface area contributed by atoms with E-state index in [4.69, 9.17) is 5.73 Å². The van der Waals surface area contributed by atoms with Crippen molar-refractivity contribution in [3.05, 3.63) is 0 Å². The molecule has 0 aromatic rings. The third-order valence-corrected chi connectivity index (χ3v) is 2.63. The zero-order valence-corrected chi connectivity index (χ0v) is 7.33. The van der Waals surface area contributed by atoms with Gasteiger partial charge in [-0.1, -0.05) is 12.8 Å². The zero-order valence-electron chi connectivity index (χ0n) is 7.33. The number of rotatable bonds is 3. The fourth-order valence-corrected chi connectivity index (χ4v) is 1.85. The summed E-state index contributed by atoms with van der Waals surface area (Å²) in [5, 5.41) is 9.53. The average Bonchev–Trinajstić information content (AvgIpc) is 2.03. The summed E-state index contributed by atoms with van der Waals surface area (Å²) in [6, 6.07) is 0. The summed E-state index contributed by atoms with van der Waals surface area (Å²) in [5.74, 6) is 0.0547. The minimum Gasteiger partial charge on any atom is -0.393 e. The highest BCUT2D eigenvalue weighted by atomic mass is 16.3. The maximum Gasteiger partial charge on any atom is 0.217 e. The van der Waals surface area contributed by atoms with Gasteiger partial charge < -0.3 is 10.8 Å². The summed E-state index contributed by atoms with van der Waals surface area (Å²) in [6.45, 7) is 0. The lowest BCUT2D eigenvalue weighted by atomic mass is 9.83. The van der Waals surface area contributed by atoms with E-state index in [1.807, 2.05) is 0 Å². The van der Waals surface area contributed by atoms with Crippen LogP contribution in [-0.2, 0) is 4.79 Å². The average molecular weight is 171 g/mol. The Kier molecular flexibility index (Phi) is 3.53. The van der Waals surface area contributed by atoms with E-state index in [0.29, 0.717) is 12.3 Å². The van der Waals surface area contributed by atoms with Crippen LogP contribution in [0.1, 0.15) is 38.5 Å². The van der Waals surface area contributed by atoms with Crippen LogP contribution in [0.2, 0.25) is 0 Å². The van der Waals surface area contributed by atoms with Crippen molar-refractivity contribution in [2.24, 2.45) is 11.7 Å². The van der Waals surface area contributed by atoms with Gasteiger partial charge in [-0.3, -0.25) is 4.79 Å². The fourth-order valence-electron chi connectivity index (χ4n) is 1.85. The second-order valence-corrected chi connectivity index (χ2v) is 3.62. The van der Waals surface area contributed by atoms with Crippen LogP contribution in [0.4, 0.5) is 0 Å². The molecule has 0 heterocycles. The third kappa shape index (κ3) is 2.81. The predicted molar refractivity (Wildman–Crippen MR) is 46.4 cm³/mol. The highest BCUT2D eigenvalue weighted by Crippen LogP contribution is 2.27. The molecule has 3 nitrogen and oxygen atoms in total. The smallest absolute Gasteiger partial charge is 0.217 e. The standard InChI is InChI=1S/C9H17NO2/c10-9(12)6-5-7-3-1-2-4-8(7)11/h7-8,11H,1-6H2,(H2,10,12)/t7?,8-/m1/s1. The quantitative estimate of drug-likeness (QED) is 0.659. The van der Waals surface area contributed by atoms with E-state index in [9.17, 15) is 9.90 Å². The van der Waals surface area contributed by atoms with Gasteiger partial charge in [0.15, 0.2) is 0 Å². The van der Waals surface area contributed by atoms with Crippen LogP contribution in [0.5, 0.6) is 0 Å². The molecule has 1 saturated carbocycles. The molecule has 0 bridgehead atoms. The van der Waals surface area contributed by atoms with Crippen molar-refractivity contribution >= 4 is 5.91 Å². The Balaban J connectivity index is 2.24. The van der Waals surface area contributed by atoms with Gasteiger partial charge in [-0.25, -0.2) is 0 Å². The van der Waals surface area contributed by atoms with E-state index in [-0.39, 0.29) is 12.0 Å². The molecule has 1 rings (SSSR count). The van der Waals surface area contributed by atoms with E-state index >= 15 is 0 Å². The van der Waals surface area contributed by atoms with Crippen LogP contribution in [0.15, 0.2) is 0 Å². The number of aliphatic hydroxyl groups excluding tert-OH is 1. The molecule has 1 aliphatic carbocycles. The number of nitrogens with two attached hydrogens (primary N) is 1. The predicted octanol–water partition coefficient (Wildman–Crippen LogP) is 0.803. The second-order valence-electron chi connectivity index (χ2n) is 3.62. The molecule has 0 aromatic carbocycles. The topological polar surface area (TPSA) is 63.3 Å². The highest BCUT2D eigenvalue weighted by molar-refractivity contribution is 5.73. The third-order valence-electron chi connectivity index (χ3n) is 2.63. The number of carbonyl (C=O) groups is 1. The minimum absolute atomic E-state index is 0.196. The Morgan fingerprint density at radius 2 is 2.08 bits per heavy atom. The number of primary amides is 1. The van der Waals surface area contributed by atoms with E-state index in [2.05, 4.69) is 0 Å². The van der Waals surface area contributed by atoms with Crippen LogP contribution in [0.3, 0.4) is 0 Å². The minimum atomic E-state index is -0.257. The summed E-state index contributed by atoms with van der Waals surface area (Å²) < 4.78 is 0. The number of carbonyl (C=O) groups excluding carboxylic acids is 1. The molecule has 1 aliphatic rings.